The van der Waals surface area contributed by atoms with Gasteiger partial charge in [-0.1, -0.05) is 13.0 Å². The van der Waals surface area contributed by atoms with Gasteiger partial charge in [-0.15, -0.1) is 0 Å². The molecular formula is C15H21N3O. The van der Waals surface area contributed by atoms with Crippen LogP contribution in [0.5, 0.6) is 0 Å². The van der Waals surface area contributed by atoms with E-state index < -0.39 is 0 Å². The maximum absolute atomic E-state index is 12.4. The monoisotopic (exact) mass is 259 g/mol. The standard InChI is InChI=1S/C15H21N3O/c1-10-5-6-11(9-10)18-15(19)12-3-2-4-13-14(12)17-8-7-16-13/h2-4,10-11,16-17H,5-9H2,1H3,(H,18,19). The van der Waals surface area contributed by atoms with E-state index in [1.807, 2.05) is 18.2 Å². The van der Waals surface area contributed by atoms with Crippen LogP contribution in [0.2, 0.25) is 0 Å². The van der Waals surface area contributed by atoms with Crippen LogP contribution in [0.3, 0.4) is 0 Å². The molecule has 1 aromatic carbocycles. The van der Waals surface area contributed by atoms with Crippen molar-refractivity contribution in [3.8, 4) is 0 Å². The Morgan fingerprint density at radius 3 is 2.89 bits per heavy atom. The molecule has 1 aliphatic heterocycles. The van der Waals surface area contributed by atoms with Gasteiger partial charge in [-0.3, -0.25) is 4.79 Å². The van der Waals surface area contributed by atoms with Crippen LogP contribution in [0.25, 0.3) is 0 Å². The lowest BCUT2D eigenvalue weighted by atomic mass is 10.1. The lowest BCUT2D eigenvalue weighted by Gasteiger charge is -2.23. The average molecular weight is 259 g/mol. The minimum atomic E-state index is 0.0483. The molecule has 4 nitrogen and oxygen atoms in total. The number of carbonyl (C=O) groups is 1. The summed E-state index contributed by atoms with van der Waals surface area (Å²) in [7, 11) is 0. The van der Waals surface area contributed by atoms with Gasteiger partial charge >= 0.3 is 0 Å². The van der Waals surface area contributed by atoms with Gasteiger partial charge in [-0.2, -0.15) is 0 Å². The number of fused-ring (bicyclic) bond motifs is 1. The van der Waals surface area contributed by atoms with Crippen molar-refractivity contribution in [2.45, 2.75) is 32.2 Å². The van der Waals surface area contributed by atoms with Crippen LogP contribution < -0.4 is 16.0 Å². The highest BCUT2D eigenvalue weighted by molar-refractivity contribution is 6.02. The van der Waals surface area contributed by atoms with Gasteiger partial charge in [-0.05, 0) is 37.3 Å². The number of hydrogen-bond donors (Lipinski definition) is 3. The first-order valence-corrected chi connectivity index (χ1v) is 7.15. The number of amides is 1. The Kier molecular flexibility index (Phi) is 3.32. The fourth-order valence-electron chi connectivity index (χ4n) is 3.07. The maximum Gasteiger partial charge on any atom is 0.253 e. The molecule has 1 heterocycles. The summed E-state index contributed by atoms with van der Waals surface area (Å²) in [4.78, 5) is 12.4. The highest BCUT2D eigenvalue weighted by Crippen LogP contribution is 2.29. The topological polar surface area (TPSA) is 53.2 Å². The zero-order valence-corrected chi connectivity index (χ0v) is 11.3. The van der Waals surface area contributed by atoms with Crippen LogP contribution in [0.4, 0.5) is 11.4 Å². The van der Waals surface area contributed by atoms with E-state index in [9.17, 15) is 4.79 Å². The summed E-state index contributed by atoms with van der Waals surface area (Å²) >= 11 is 0. The average Bonchev–Trinajstić information content (AvgIpc) is 2.83. The summed E-state index contributed by atoms with van der Waals surface area (Å²) in [5, 5.41) is 9.81. The molecule has 3 N–H and O–H groups in total. The summed E-state index contributed by atoms with van der Waals surface area (Å²) in [6.07, 6.45) is 3.43. The summed E-state index contributed by atoms with van der Waals surface area (Å²) in [5.41, 5.74) is 2.72. The molecule has 1 fully saturated rings. The van der Waals surface area contributed by atoms with Gasteiger partial charge in [0, 0.05) is 19.1 Å². The van der Waals surface area contributed by atoms with E-state index in [0.717, 1.165) is 48.8 Å². The van der Waals surface area contributed by atoms with Crippen molar-refractivity contribution in [2.24, 2.45) is 5.92 Å². The Morgan fingerprint density at radius 2 is 2.11 bits per heavy atom. The molecule has 102 valence electrons. The van der Waals surface area contributed by atoms with E-state index in [1.54, 1.807) is 0 Å². The first-order chi connectivity index (χ1) is 9.24. The van der Waals surface area contributed by atoms with E-state index >= 15 is 0 Å². The van der Waals surface area contributed by atoms with Crippen LogP contribution >= 0.6 is 0 Å². The number of hydrogen-bond acceptors (Lipinski definition) is 3. The molecule has 0 saturated heterocycles. The normalized spacial score (nSPS) is 25.1. The van der Waals surface area contributed by atoms with E-state index in [4.69, 9.17) is 0 Å². The van der Waals surface area contributed by atoms with Crippen molar-refractivity contribution in [3.05, 3.63) is 23.8 Å². The third kappa shape index (κ3) is 2.53. The summed E-state index contributed by atoms with van der Waals surface area (Å²) in [6, 6.07) is 6.18. The Bertz CT molecular complexity index is 486. The Labute approximate surface area is 114 Å². The maximum atomic E-state index is 12.4. The molecule has 0 aromatic heterocycles. The Hall–Kier alpha value is -1.71. The summed E-state index contributed by atoms with van der Waals surface area (Å²) in [5.74, 6) is 0.780. The number of rotatable bonds is 2. The first-order valence-electron chi connectivity index (χ1n) is 7.15. The minimum absolute atomic E-state index is 0.0483. The summed E-state index contributed by atoms with van der Waals surface area (Å²) < 4.78 is 0. The minimum Gasteiger partial charge on any atom is -0.382 e. The number of nitrogens with one attached hydrogen (secondary N) is 3. The van der Waals surface area contributed by atoms with Crippen molar-refractivity contribution in [1.29, 1.82) is 0 Å². The van der Waals surface area contributed by atoms with Crippen LogP contribution in [-0.2, 0) is 0 Å². The van der Waals surface area contributed by atoms with E-state index in [0.29, 0.717) is 6.04 Å². The summed E-state index contributed by atoms with van der Waals surface area (Å²) in [6.45, 7) is 4.01. The number of para-hydroxylation sites is 1. The number of benzene rings is 1. The molecule has 4 heteroatoms. The second kappa shape index (κ2) is 5.11. The molecule has 0 bridgehead atoms. The molecule has 0 spiro atoms. The van der Waals surface area contributed by atoms with Gasteiger partial charge in [0.25, 0.3) is 5.91 Å². The van der Waals surface area contributed by atoms with Crippen molar-refractivity contribution in [2.75, 3.05) is 23.7 Å². The fourth-order valence-corrected chi connectivity index (χ4v) is 3.07. The van der Waals surface area contributed by atoms with Gasteiger partial charge in [0.1, 0.15) is 0 Å². The second-order valence-corrected chi connectivity index (χ2v) is 5.67. The van der Waals surface area contributed by atoms with Gasteiger partial charge in [0.2, 0.25) is 0 Å². The van der Waals surface area contributed by atoms with Gasteiger partial charge < -0.3 is 16.0 Å². The first kappa shape index (κ1) is 12.3. The Balaban J connectivity index is 1.76. The predicted octanol–water partition coefficient (Wildman–Crippen LogP) is 2.44. The third-order valence-corrected chi connectivity index (χ3v) is 4.08. The molecule has 2 atom stereocenters. The molecule has 2 aliphatic rings. The molecule has 1 amide bonds. The third-order valence-electron chi connectivity index (χ3n) is 4.08. The Morgan fingerprint density at radius 1 is 1.26 bits per heavy atom. The quantitative estimate of drug-likeness (QED) is 0.764. The van der Waals surface area contributed by atoms with Gasteiger partial charge in [0.15, 0.2) is 0 Å². The zero-order chi connectivity index (χ0) is 13.2. The van der Waals surface area contributed by atoms with Crippen molar-refractivity contribution in [3.63, 3.8) is 0 Å². The lowest BCUT2D eigenvalue weighted by Crippen LogP contribution is -2.34. The van der Waals surface area contributed by atoms with Crippen molar-refractivity contribution in [1.82, 2.24) is 5.32 Å². The molecule has 0 radical (unpaired) electrons. The van der Waals surface area contributed by atoms with Gasteiger partial charge in [0.05, 0.1) is 16.9 Å². The molecule has 19 heavy (non-hydrogen) atoms. The van der Waals surface area contributed by atoms with Crippen LogP contribution in [0.15, 0.2) is 18.2 Å². The van der Waals surface area contributed by atoms with Crippen LogP contribution in [0, 0.1) is 5.92 Å². The van der Waals surface area contributed by atoms with E-state index in [2.05, 4.69) is 22.9 Å². The highest BCUT2D eigenvalue weighted by atomic mass is 16.1. The molecule has 1 saturated carbocycles. The van der Waals surface area contributed by atoms with Gasteiger partial charge in [-0.25, -0.2) is 0 Å². The zero-order valence-electron chi connectivity index (χ0n) is 11.3. The lowest BCUT2D eigenvalue weighted by molar-refractivity contribution is 0.0938. The van der Waals surface area contributed by atoms with E-state index in [1.165, 1.54) is 6.42 Å². The predicted molar refractivity (Wildman–Crippen MR) is 77.7 cm³/mol. The molecule has 2 unspecified atom stereocenters. The van der Waals surface area contributed by atoms with E-state index in [-0.39, 0.29) is 5.91 Å². The second-order valence-electron chi connectivity index (χ2n) is 5.67. The fraction of sp³-hybridized carbons (Fsp3) is 0.533. The molecule has 1 aromatic rings. The molecule has 1 aliphatic carbocycles. The number of carbonyl (C=O) groups excluding carboxylic acids is 1. The number of anilines is 2. The molecular weight excluding hydrogens is 238 g/mol. The van der Waals surface area contributed by atoms with Crippen molar-refractivity contribution < 1.29 is 4.79 Å². The SMILES string of the molecule is CC1CCC(NC(=O)c2cccc3c2NCCN3)C1. The van der Waals surface area contributed by atoms with Crippen LogP contribution in [-0.4, -0.2) is 25.0 Å². The highest BCUT2D eigenvalue weighted by Gasteiger charge is 2.24. The van der Waals surface area contributed by atoms with Crippen LogP contribution in [0.1, 0.15) is 36.5 Å². The van der Waals surface area contributed by atoms with Crippen molar-refractivity contribution >= 4 is 17.3 Å². The largest absolute Gasteiger partial charge is 0.382 e. The molecule has 3 rings (SSSR count). The smallest absolute Gasteiger partial charge is 0.253 e.